The highest BCUT2D eigenvalue weighted by molar-refractivity contribution is 5.35. The second kappa shape index (κ2) is 6.20. The molecule has 0 amide bonds. The molecule has 2 nitrogen and oxygen atoms in total. The Bertz CT molecular complexity index is 316. The van der Waals surface area contributed by atoms with Crippen LogP contribution in [0.2, 0.25) is 0 Å². The van der Waals surface area contributed by atoms with Gasteiger partial charge in [0.2, 0.25) is 0 Å². The van der Waals surface area contributed by atoms with Crippen LogP contribution in [0.15, 0.2) is 24.3 Å². The summed E-state index contributed by atoms with van der Waals surface area (Å²) in [6.07, 6.45) is 0.528. The van der Waals surface area contributed by atoms with Crippen LogP contribution in [0.5, 0.6) is 0 Å². The lowest BCUT2D eigenvalue weighted by Gasteiger charge is -1.98. The van der Waals surface area contributed by atoms with Gasteiger partial charge in [-0.2, -0.15) is 0 Å². The number of rotatable bonds is 3. The second-order valence-corrected chi connectivity index (χ2v) is 2.91. The van der Waals surface area contributed by atoms with Gasteiger partial charge < -0.3 is 9.84 Å². The molecule has 2 heteroatoms. The van der Waals surface area contributed by atoms with E-state index in [1.165, 1.54) is 0 Å². The van der Waals surface area contributed by atoms with E-state index in [9.17, 15) is 0 Å². The number of ether oxygens (including phenoxy) is 1. The first-order valence-corrected chi connectivity index (χ1v) is 4.54. The van der Waals surface area contributed by atoms with Crippen molar-refractivity contribution in [3.05, 3.63) is 35.4 Å². The van der Waals surface area contributed by atoms with Crippen LogP contribution >= 0.6 is 0 Å². The van der Waals surface area contributed by atoms with Gasteiger partial charge in [0.1, 0.15) is 0 Å². The summed E-state index contributed by atoms with van der Waals surface area (Å²) in [6, 6.07) is 7.90. The summed E-state index contributed by atoms with van der Waals surface area (Å²) in [6.45, 7) is 0.749. The highest BCUT2D eigenvalue weighted by Gasteiger charge is 1.90. The highest BCUT2D eigenvalue weighted by Crippen LogP contribution is 2.04. The van der Waals surface area contributed by atoms with Crippen molar-refractivity contribution in [2.45, 2.75) is 13.0 Å². The molecule has 1 aromatic carbocycles. The summed E-state index contributed by atoms with van der Waals surface area (Å²) in [5.74, 6) is 5.84. The molecule has 0 spiro atoms. The Balaban J connectivity index is 2.60. The third kappa shape index (κ3) is 3.61. The molecule has 0 aliphatic carbocycles. The van der Waals surface area contributed by atoms with Crippen molar-refractivity contribution >= 4 is 0 Å². The van der Waals surface area contributed by atoms with E-state index < -0.39 is 0 Å². The molecule has 1 aromatic rings. The van der Waals surface area contributed by atoms with Gasteiger partial charge in [0.25, 0.3) is 0 Å². The Labute approximate surface area is 84.5 Å². The Morgan fingerprint density at radius 2 is 2.00 bits per heavy atom. The van der Waals surface area contributed by atoms with Gasteiger partial charge in [-0.15, -0.1) is 0 Å². The summed E-state index contributed by atoms with van der Waals surface area (Å²) < 4.78 is 5.00. The predicted molar refractivity (Wildman–Crippen MR) is 55.7 cm³/mol. The SMILES string of the molecule is COCc1ccc(C#CCCO)cc1. The van der Waals surface area contributed by atoms with Crippen molar-refractivity contribution in [2.24, 2.45) is 0 Å². The second-order valence-electron chi connectivity index (χ2n) is 2.91. The molecule has 0 aromatic heterocycles. The largest absolute Gasteiger partial charge is 0.395 e. The van der Waals surface area contributed by atoms with Crippen LogP contribution in [0.25, 0.3) is 0 Å². The topological polar surface area (TPSA) is 29.5 Å². The van der Waals surface area contributed by atoms with E-state index in [-0.39, 0.29) is 6.61 Å². The van der Waals surface area contributed by atoms with Crippen molar-refractivity contribution in [3.8, 4) is 11.8 Å². The predicted octanol–water partition coefficient (Wildman–Crippen LogP) is 1.57. The number of hydrogen-bond donors (Lipinski definition) is 1. The third-order valence-corrected chi connectivity index (χ3v) is 1.73. The van der Waals surface area contributed by atoms with Crippen LogP contribution in [0.3, 0.4) is 0 Å². The molecule has 0 radical (unpaired) electrons. The van der Waals surface area contributed by atoms with Crippen molar-refractivity contribution in [2.75, 3.05) is 13.7 Å². The minimum absolute atomic E-state index is 0.120. The molecule has 0 atom stereocenters. The lowest BCUT2D eigenvalue weighted by molar-refractivity contribution is 0.185. The van der Waals surface area contributed by atoms with E-state index in [1.54, 1.807) is 7.11 Å². The summed E-state index contributed by atoms with van der Waals surface area (Å²) in [5, 5.41) is 8.54. The molecule has 0 unspecified atom stereocenters. The molecule has 0 saturated carbocycles. The first kappa shape index (κ1) is 10.8. The fourth-order valence-electron chi connectivity index (χ4n) is 1.07. The van der Waals surface area contributed by atoms with E-state index in [1.807, 2.05) is 24.3 Å². The molecule has 0 heterocycles. The van der Waals surface area contributed by atoms with Crippen molar-refractivity contribution in [3.63, 3.8) is 0 Å². The molecular weight excluding hydrogens is 176 g/mol. The smallest absolute Gasteiger partial charge is 0.0713 e. The summed E-state index contributed by atoms with van der Waals surface area (Å²) in [4.78, 5) is 0. The van der Waals surface area contributed by atoms with Crippen molar-refractivity contribution in [1.29, 1.82) is 0 Å². The average molecular weight is 190 g/mol. The molecule has 0 fully saturated rings. The minimum atomic E-state index is 0.120. The molecule has 0 aliphatic rings. The zero-order chi connectivity index (χ0) is 10.2. The lowest BCUT2D eigenvalue weighted by Crippen LogP contribution is -1.86. The minimum Gasteiger partial charge on any atom is -0.395 e. The number of aliphatic hydroxyl groups is 1. The molecule has 0 saturated heterocycles. The maximum absolute atomic E-state index is 8.54. The molecule has 1 N–H and O–H groups in total. The first-order valence-electron chi connectivity index (χ1n) is 4.54. The number of benzene rings is 1. The molecule has 74 valence electrons. The average Bonchev–Trinajstić information content (AvgIpc) is 2.21. The van der Waals surface area contributed by atoms with Crippen LogP contribution in [0.1, 0.15) is 17.5 Å². The van der Waals surface area contributed by atoms with E-state index in [0.29, 0.717) is 13.0 Å². The fraction of sp³-hybridized carbons (Fsp3) is 0.333. The third-order valence-electron chi connectivity index (χ3n) is 1.73. The Hall–Kier alpha value is -1.30. The Morgan fingerprint density at radius 1 is 1.29 bits per heavy atom. The van der Waals surface area contributed by atoms with Crippen molar-refractivity contribution < 1.29 is 9.84 Å². The van der Waals surface area contributed by atoms with Crippen LogP contribution in [-0.4, -0.2) is 18.8 Å². The monoisotopic (exact) mass is 190 g/mol. The van der Waals surface area contributed by atoms with Gasteiger partial charge in [-0.05, 0) is 17.7 Å². The van der Waals surface area contributed by atoms with Crippen LogP contribution < -0.4 is 0 Å². The van der Waals surface area contributed by atoms with Gasteiger partial charge in [0, 0.05) is 19.1 Å². The van der Waals surface area contributed by atoms with Crippen LogP contribution in [0.4, 0.5) is 0 Å². The Morgan fingerprint density at radius 3 is 2.57 bits per heavy atom. The van der Waals surface area contributed by atoms with Gasteiger partial charge in [-0.3, -0.25) is 0 Å². The Kier molecular flexibility index (Phi) is 4.77. The fourth-order valence-corrected chi connectivity index (χ4v) is 1.07. The molecule has 0 bridgehead atoms. The van der Waals surface area contributed by atoms with E-state index in [2.05, 4.69) is 11.8 Å². The number of methoxy groups -OCH3 is 1. The summed E-state index contributed by atoms with van der Waals surface area (Å²) in [5.41, 5.74) is 2.11. The van der Waals surface area contributed by atoms with Crippen molar-refractivity contribution in [1.82, 2.24) is 0 Å². The normalized spacial score (nSPS) is 9.29. The van der Waals surface area contributed by atoms with Gasteiger partial charge in [-0.25, -0.2) is 0 Å². The summed E-state index contributed by atoms with van der Waals surface area (Å²) in [7, 11) is 1.68. The van der Waals surface area contributed by atoms with E-state index in [0.717, 1.165) is 11.1 Å². The number of hydrogen-bond acceptors (Lipinski definition) is 2. The molecule has 1 rings (SSSR count). The molecule has 14 heavy (non-hydrogen) atoms. The number of aliphatic hydroxyl groups excluding tert-OH is 1. The first-order chi connectivity index (χ1) is 6.86. The van der Waals surface area contributed by atoms with Gasteiger partial charge in [-0.1, -0.05) is 24.0 Å². The van der Waals surface area contributed by atoms with Crippen LogP contribution in [0, 0.1) is 11.8 Å². The van der Waals surface area contributed by atoms with Gasteiger partial charge in [0.05, 0.1) is 13.2 Å². The maximum Gasteiger partial charge on any atom is 0.0713 e. The molecular formula is C12H14O2. The zero-order valence-electron chi connectivity index (χ0n) is 8.29. The van der Waals surface area contributed by atoms with Crippen LogP contribution in [-0.2, 0) is 11.3 Å². The highest BCUT2D eigenvalue weighted by atomic mass is 16.5. The quantitative estimate of drug-likeness (QED) is 0.733. The van der Waals surface area contributed by atoms with Gasteiger partial charge >= 0.3 is 0 Å². The lowest BCUT2D eigenvalue weighted by atomic mass is 10.1. The zero-order valence-corrected chi connectivity index (χ0v) is 8.29. The van der Waals surface area contributed by atoms with E-state index >= 15 is 0 Å². The van der Waals surface area contributed by atoms with Gasteiger partial charge in [0.15, 0.2) is 0 Å². The molecule has 0 aliphatic heterocycles. The summed E-state index contributed by atoms with van der Waals surface area (Å²) >= 11 is 0. The standard InChI is InChI=1S/C12H14O2/c1-14-10-12-7-5-11(6-8-12)4-2-3-9-13/h5-8,13H,3,9-10H2,1H3. The maximum atomic E-state index is 8.54. The van der Waals surface area contributed by atoms with E-state index in [4.69, 9.17) is 9.84 Å².